The van der Waals surface area contributed by atoms with Crippen LogP contribution >= 0.6 is 0 Å². The van der Waals surface area contributed by atoms with Crippen LogP contribution in [-0.2, 0) is 4.74 Å². The molecule has 1 rings (SSSR count). The third-order valence-electron chi connectivity index (χ3n) is 3.80. The molecule has 3 nitrogen and oxygen atoms in total. The highest BCUT2D eigenvalue weighted by molar-refractivity contribution is 4.75. The quantitative estimate of drug-likeness (QED) is 0.756. The van der Waals surface area contributed by atoms with Crippen LogP contribution in [0.25, 0.3) is 0 Å². The highest BCUT2D eigenvalue weighted by Gasteiger charge is 2.19. The van der Waals surface area contributed by atoms with E-state index in [0.717, 1.165) is 19.0 Å². The summed E-state index contributed by atoms with van der Waals surface area (Å²) in [5.74, 6) is 0. The summed E-state index contributed by atoms with van der Waals surface area (Å²) in [4.78, 5) is 2.65. The van der Waals surface area contributed by atoms with Gasteiger partial charge in [0.1, 0.15) is 0 Å². The Hall–Kier alpha value is -0.120. The van der Waals surface area contributed by atoms with Crippen LogP contribution in [0.5, 0.6) is 0 Å². The molecule has 3 heteroatoms. The molecule has 2 N–H and O–H groups in total. The molecule has 0 aromatic carbocycles. The van der Waals surface area contributed by atoms with Gasteiger partial charge in [0.25, 0.3) is 0 Å². The topological polar surface area (TPSA) is 38.5 Å². The van der Waals surface area contributed by atoms with Crippen LogP contribution in [0, 0.1) is 0 Å². The number of rotatable bonds is 6. The van der Waals surface area contributed by atoms with E-state index in [1.807, 2.05) is 0 Å². The Bertz CT molecular complexity index is 171. The Balaban J connectivity index is 2.36. The fraction of sp³-hybridized carbons (Fsp3) is 1.00. The molecule has 1 aliphatic heterocycles. The normalized spacial score (nSPS) is 25.3. The molecule has 0 spiro atoms. The van der Waals surface area contributed by atoms with Crippen molar-refractivity contribution in [3.05, 3.63) is 0 Å². The second kappa shape index (κ2) is 8.04. The highest BCUT2D eigenvalue weighted by atomic mass is 16.5. The summed E-state index contributed by atoms with van der Waals surface area (Å²) in [6, 6.07) is 0.790. The molecule has 0 bridgehead atoms. The summed E-state index contributed by atoms with van der Waals surface area (Å²) in [6.07, 6.45) is 8.12. The summed E-state index contributed by atoms with van der Waals surface area (Å²) in [5, 5.41) is 0. The molecular weight excluding hydrogens is 200 g/mol. The molecular formula is C13H28N2O. The zero-order valence-corrected chi connectivity index (χ0v) is 11.0. The first-order valence-corrected chi connectivity index (χ1v) is 6.78. The van der Waals surface area contributed by atoms with E-state index in [1.165, 1.54) is 38.6 Å². The molecule has 0 aliphatic carbocycles. The Labute approximate surface area is 100 Å². The second-order valence-corrected chi connectivity index (χ2v) is 4.83. The van der Waals surface area contributed by atoms with Gasteiger partial charge in [0.2, 0.25) is 0 Å². The lowest BCUT2D eigenvalue weighted by molar-refractivity contribution is 0.0812. The fourth-order valence-electron chi connectivity index (χ4n) is 2.64. The van der Waals surface area contributed by atoms with Gasteiger partial charge in [-0.25, -0.2) is 0 Å². The minimum absolute atomic E-state index is 0.237. The van der Waals surface area contributed by atoms with Crippen LogP contribution in [0.1, 0.15) is 45.4 Å². The lowest BCUT2D eigenvalue weighted by Crippen LogP contribution is -2.37. The van der Waals surface area contributed by atoms with Crippen molar-refractivity contribution in [3.8, 4) is 0 Å². The number of ether oxygens (including phenoxy) is 1. The van der Waals surface area contributed by atoms with E-state index in [1.54, 1.807) is 7.11 Å². The van der Waals surface area contributed by atoms with E-state index in [-0.39, 0.29) is 6.10 Å². The number of nitrogens with zero attached hydrogens (tertiary/aromatic N) is 1. The number of hydrogen-bond acceptors (Lipinski definition) is 3. The summed E-state index contributed by atoms with van der Waals surface area (Å²) < 4.78 is 5.34. The summed E-state index contributed by atoms with van der Waals surface area (Å²) in [6.45, 7) is 5.36. The predicted molar refractivity (Wildman–Crippen MR) is 68.6 cm³/mol. The van der Waals surface area contributed by atoms with Gasteiger partial charge in [0.05, 0.1) is 6.10 Å². The molecule has 2 unspecified atom stereocenters. The number of nitrogens with two attached hydrogens (primary N) is 1. The Morgan fingerprint density at radius 2 is 2.19 bits per heavy atom. The largest absolute Gasteiger partial charge is 0.380 e. The Morgan fingerprint density at radius 1 is 1.38 bits per heavy atom. The highest BCUT2D eigenvalue weighted by Crippen LogP contribution is 2.19. The molecule has 0 aromatic heterocycles. The lowest BCUT2D eigenvalue weighted by Gasteiger charge is -2.30. The molecule has 0 saturated carbocycles. The zero-order chi connectivity index (χ0) is 11.8. The first kappa shape index (κ1) is 13.9. The van der Waals surface area contributed by atoms with Crippen LogP contribution in [0.2, 0.25) is 0 Å². The van der Waals surface area contributed by atoms with Crippen LogP contribution in [-0.4, -0.2) is 43.8 Å². The van der Waals surface area contributed by atoms with Crippen LogP contribution in [0.15, 0.2) is 0 Å². The van der Waals surface area contributed by atoms with Gasteiger partial charge in [0.15, 0.2) is 0 Å². The average Bonchev–Trinajstić information content (AvgIpc) is 2.55. The molecule has 96 valence electrons. The van der Waals surface area contributed by atoms with Gasteiger partial charge in [-0.05, 0) is 32.2 Å². The van der Waals surface area contributed by atoms with E-state index < -0.39 is 0 Å². The zero-order valence-electron chi connectivity index (χ0n) is 11.0. The van der Waals surface area contributed by atoms with Gasteiger partial charge in [0, 0.05) is 26.2 Å². The van der Waals surface area contributed by atoms with Crippen molar-refractivity contribution in [3.63, 3.8) is 0 Å². The third kappa shape index (κ3) is 4.40. The molecule has 0 aromatic rings. The van der Waals surface area contributed by atoms with Crippen molar-refractivity contribution in [1.29, 1.82) is 0 Å². The van der Waals surface area contributed by atoms with Crippen LogP contribution in [0.4, 0.5) is 0 Å². The summed E-state index contributed by atoms with van der Waals surface area (Å²) in [7, 11) is 1.76. The Morgan fingerprint density at radius 3 is 2.81 bits per heavy atom. The minimum Gasteiger partial charge on any atom is -0.380 e. The molecule has 1 aliphatic rings. The molecule has 1 fully saturated rings. The van der Waals surface area contributed by atoms with Gasteiger partial charge in [-0.2, -0.15) is 0 Å². The maximum atomic E-state index is 5.65. The van der Waals surface area contributed by atoms with Crippen molar-refractivity contribution in [2.45, 2.75) is 57.6 Å². The monoisotopic (exact) mass is 228 g/mol. The van der Waals surface area contributed by atoms with Crippen molar-refractivity contribution in [2.75, 3.05) is 26.7 Å². The van der Waals surface area contributed by atoms with Crippen LogP contribution < -0.4 is 5.73 Å². The number of hydrogen-bond donors (Lipinski definition) is 1. The Kier molecular flexibility index (Phi) is 7.01. The van der Waals surface area contributed by atoms with Crippen molar-refractivity contribution in [2.24, 2.45) is 5.73 Å². The molecule has 2 atom stereocenters. The SMILES string of the molecule is CCC1CCCCCN1CCC(CN)OC. The number of methoxy groups -OCH3 is 1. The summed E-state index contributed by atoms with van der Waals surface area (Å²) in [5.41, 5.74) is 5.65. The molecule has 0 radical (unpaired) electrons. The average molecular weight is 228 g/mol. The van der Waals surface area contributed by atoms with E-state index >= 15 is 0 Å². The van der Waals surface area contributed by atoms with Gasteiger partial charge in [-0.3, -0.25) is 0 Å². The van der Waals surface area contributed by atoms with E-state index in [9.17, 15) is 0 Å². The maximum absolute atomic E-state index is 5.65. The third-order valence-corrected chi connectivity index (χ3v) is 3.80. The second-order valence-electron chi connectivity index (χ2n) is 4.83. The molecule has 16 heavy (non-hydrogen) atoms. The first-order chi connectivity index (χ1) is 7.81. The van der Waals surface area contributed by atoms with Crippen molar-refractivity contribution < 1.29 is 4.74 Å². The van der Waals surface area contributed by atoms with E-state index in [2.05, 4.69) is 11.8 Å². The molecule has 1 heterocycles. The number of likely N-dealkylation sites (tertiary alicyclic amines) is 1. The lowest BCUT2D eigenvalue weighted by atomic mass is 10.1. The molecule has 0 amide bonds. The maximum Gasteiger partial charge on any atom is 0.0705 e. The molecule has 1 saturated heterocycles. The van der Waals surface area contributed by atoms with Gasteiger partial charge < -0.3 is 15.4 Å². The fourth-order valence-corrected chi connectivity index (χ4v) is 2.64. The van der Waals surface area contributed by atoms with Gasteiger partial charge >= 0.3 is 0 Å². The summed E-state index contributed by atoms with van der Waals surface area (Å²) >= 11 is 0. The van der Waals surface area contributed by atoms with Crippen LogP contribution in [0.3, 0.4) is 0 Å². The van der Waals surface area contributed by atoms with Crippen molar-refractivity contribution in [1.82, 2.24) is 4.90 Å². The van der Waals surface area contributed by atoms with E-state index in [0.29, 0.717) is 6.54 Å². The predicted octanol–water partition coefficient (Wildman–Crippen LogP) is 2.00. The van der Waals surface area contributed by atoms with Crippen molar-refractivity contribution >= 4 is 0 Å². The van der Waals surface area contributed by atoms with Gasteiger partial charge in [-0.15, -0.1) is 0 Å². The van der Waals surface area contributed by atoms with Gasteiger partial charge in [-0.1, -0.05) is 19.8 Å². The smallest absolute Gasteiger partial charge is 0.0705 e. The standard InChI is InChI=1S/C13H28N2O/c1-3-12-7-5-4-6-9-15(12)10-8-13(11-14)16-2/h12-13H,3-11,14H2,1-2H3. The minimum atomic E-state index is 0.237. The first-order valence-electron chi connectivity index (χ1n) is 6.78. The van der Waals surface area contributed by atoms with E-state index in [4.69, 9.17) is 10.5 Å².